The van der Waals surface area contributed by atoms with Crippen molar-refractivity contribution in [3.63, 3.8) is 0 Å². The number of carbonyl (C=O) groups is 1. The fourth-order valence-electron chi connectivity index (χ4n) is 2.57. The Labute approximate surface area is 139 Å². The molecule has 0 saturated carbocycles. The van der Waals surface area contributed by atoms with E-state index >= 15 is 0 Å². The van der Waals surface area contributed by atoms with E-state index in [-0.39, 0.29) is 5.91 Å². The van der Waals surface area contributed by atoms with E-state index in [9.17, 15) is 4.79 Å². The zero-order chi connectivity index (χ0) is 17.3. The maximum Gasteiger partial charge on any atom is 0.257 e. The van der Waals surface area contributed by atoms with Crippen LogP contribution in [0.2, 0.25) is 0 Å². The largest absolute Gasteiger partial charge is 0.361 e. The van der Waals surface area contributed by atoms with Gasteiger partial charge in [0.1, 0.15) is 5.76 Å². The summed E-state index contributed by atoms with van der Waals surface area (Å²) in [7, 11) is 1.76. The third kappa shape index (κ3) is 2.80. The lowest BCUT2D eigenvalue weighted by Gasteiger charge is -2.16. The molecule has 3 aromatic heterocycles. The van der Waals surface area contributed by atoms with Crippen molar-refractivity contribution in [2.45, 2.75) is 27.3 Å². The molecule has 1 amide bonds. The summed E-state index contributed by atoms with van der Waals surface area (Å²) in [6.07, 6.45) is 3.28. The number of pyridine rings is 1. The van der Waals surface area contributed by atoms with E-state index in [1.165, 1.54) is 0 Å². The first-order chi connectivity index (χ1) is 11.5. The molecule has 0 radical (unpaired) electrons. The van der Waals surface area contributed by atoms with Crippen LogP contribution in [0.25, 0.3) is 5.82 Å². The van der Waals surface area contributed by atoms with E-state index in [1.54, 1.807) is 29.0 Å². The Morgan fingerprint density at radius 3 is 2.71 bits per heavy atom. The Morgan fingerprint density at radius 1 is 1.29 bits per heavy atom. The molecule has 0 saturated heterocycles. The molecule has 7 heteroatoms. The topological polar surface area (TPSA) is 77.0 Å². The molecule has 24 heavy (non-hydrogen) atoms. The second-order valence-corrected chi connectivity index (χ2v) is 5.71. The average Bonchev–Trinajstić information content (AvgIpc) is 3.12. The number of rotatable bonds is 4. The second-order valence-electron chi connectivity index (χ2n) is 5.71. The normalized spacial score (nSPS) is 10.8. The standard InChI is InChI=1S/C17H19N5O2/c1-11-15(13(3)24-20-11)10-21(4)17(23)14-9-19-22(12(14)2)16-7-5-6-8-18-16/h5-9H,10H2,1-4H3. The maximum absolute atomic E-state index is 12.8. The van der Waals surface area contributed by atoms with Crippen LogP contribution >= 0.6 is 0 Å². The van der Waals surface area contributed by atoms with Crippen molar-refractivity contribution >= 4 is 5.91 Å². The van der Waals surface area contributed by atoms with Crippen molar-refractivity contribution in [3.8, 4) is 5.82 Å². The van der Waals surface area contributed by atoms with Crippen molar-refractivity contribution in [2.24, 2.45) is 0 Å². The van der Waals surface area contributed by atoms with Gasteiger partial charge in [-0.1, -0.05) is 11.2 Å². The summed E-state index contributed by atoms with van der Waals surface area (Å²) in [5, 5.41) is 8.22. The Kier molecular flexibility index (Phi) is 4.16. The van der Waals surface area contributed by atoms with Gasteiger partial charge in [0.15, 0.2) is 5.82 Å². The van der Waals surface area contributed by atoms with Crippen LogP contribution in [0, 0.1) is 20.8 Å². The van der Waals surface area contributed by atoms with Crippen LogP contribution in [-0.4, -0.2) is 37.8 Å². The highest BCUT2D eigenvalue weighted by atomic mass is 16.5. The Hall–Kier alpha value is -2.96. The molecule has 0 aliphatic rings. The van der Waals surface area contributed by atoms with Crippen LogP contribution in [0.4, 0.5) is 0 Å². The third-order valence-electron chi connectivity index (χ3n) is 4.03. The number of aromatic nitrogens is 4. The third-order valence-corrected chi connectivity index (χ3v) is 4.03. The smallest absolute Gasteiger partial charge is 0.257 e. The van der Waals surface area contributed by atoms with Gasteiger partial charge in [-0.05, 0) is 32.9 Å². The number of hydrogen-bond acceptors (Lipinski definition) is 5. The molecule has 3 aromatic rings. The summed E-state index contributed by atoms with van der Waals surface area (Å²) in [5.74, 6) is 1.31. The lowest BCUT2D eigenvalue weighted by atomic mass is 10.1. The summed E-state index contributed by atoms with van der Waals surface area (Å²) in [6.45, 7) is 6.01. The molecule has 0 aromatic carbocycles. The van der Waals surface area contributed by atoms with Gasteiger partial charge in [0.25, 0.3) is 5.91 Å². The second kappa shape index (κ2) is 6.27. The van der Waals surface area contributed by atoms with Crippen LogP contribution in [0.15, 0.2) is 35.1 Å². The highest BCUT2D eigenvalue weighted by molar-refractivity contribution is 5.95. The van der Waals surface area contributed by atoms with Crippen molar-refractivity contribution in [2.75, 3.05) is 7.05 Å². The van der Waals surface area contributed by atoms with E-state index in [0.717, 1.165) is 22.7 Å². The van der Waals surface area contributed by atoms with Gasteiger partial charge < -0.3 is 9.42 Å². The Balaban J connectivity index is 1.84. The molecule has 0 N–H and O–H groups in total. The van der Waals surface area contributed by atoms with Gasteiger partial charge in [-0.3, -0.25) is 4.79 Å². The molecule has 0 bridgehead atoms. The lowest BCUT2D eigenvalue weighted by Crippen LogP contribution is -2.27. The number of carbonyl (C=O) groups excluding carboxylic acids is 1. The molecular weight excluding hydrogens is 306 g/mol. The van der Waals surface area contributed by atoms with Crippen molar-refractivity contribution in [1.29, 1.82) is 0 Å². The predicted molar refractivity (Wildman–Crippen MR) is 87.9 cm³/mol. The summed E-state index contributed by atoms with van der Waals surface area (Å²) >= 11 is 0. The molecule has 3 rings (SSSR count). The van der Waals surface area contributed by atoms with Gasteiger partial charge in [0, 0.05) is 18.8 Å². The molecule has 0 atom stereocenters. The van der Waals surface area contributed by atoms with Gasteiger partial charge in [0.2, 0.25) is 0 Å². The summed E-state index contributed by atoms with van der Waals surface area (Å²) in [6, 6.07) is 5.57. The molecule has 0 fully saturated rings. The lowest BCUT2D eigenvalue weighted by molar-refractivity contribution is 0.0784. The van der Waals surface area contributed by atoms with Crippen LogP contribution < -0.4 is 0 Å². The molecule has 0 unspecified atom stereocenters. The maximum atomic E-state index is 12.8. The van der Waals surface area contributed by atoms with Gasteiger partial charge in [-0.25, -0.2) is 9.67 Å². The quantitative estimate of drug-likeness (QED) is 0.736. The first-order valence-corrected chi connectivity index (χ1v) is 7.62. The first kappa shape index (κ1) is 15.9. The molecule has 0 aliphatic heterocycles. The molecular formula is C17H19N5O2. The molecule has 0 spiro atoms. The summed E-state index contributed by atoms with van der Waals surface area (Å²) in [5.41, 5.74) is 3.04. The monoisotopic (exact) mass is 325 g/mol. The minimum absolute atomic E-state index is 0.102. The molecule has 124 valence electrons. The van der Waals surface area contributed by atoms with Gasteiger partial charge in [-0.2, -0.15) is 5.10 Å². The zero-order valence-electron chi connectivity index (χ0n) is 14.1. The number of hydrogen-bond donors (Lipinski definition) is 0. The van der Waals surface area contributed by atoms with Crippen LogP contribution in [0.3, 0.4) is 0 Å². The van der Waals surface area contributed by atoms with Crippen LogP contribution in [0.1, 0.15) is 33.1 Å². The van der Waals surface area contributed by atoms with Crippen molar-refractivity contribution < 1.29 is 9.32 Å². The average molecular weight is 325 g/mol. The molecule has 0 aliphatic carbocycles. The van der Waals surface area contributed by atoms with Crippen molar-refractivity contribution in [1.82, 2.24) is 24.8 Å². The van der Waals surface area contributed by atoms with E-state index in [2.05, 4.69) is 15.2 Å². The number of nitrogens with zero attached hydrogens (tertiary/aromatic N) is 5. The highest BCUT2D eigenvalue weighted by Crippen LogP contribution is 2.18. The Morgan fingerprint density at radius 2 is 2.08 bits per heavy atom. The molecule has 3 heterocycles. The summed E-state index contributed by atoms with van der Waals surface area (Å²) in [4.78, 5) is 18.7. The fourth-order valence-corrected chi connectivity index (χ4v) is 2.57. The van der Waals surface area contributed by atoms with E-state index in [1.807, 2.05) is 39.0 Å². The van der Waals surface area contributed by atoms with Crippen LogP contribution in [0.5, 0.6) is 0 Å². The van der Waals surface area contributed by atoms with Gasteiger partial charge >= 0.3 is 0 Å². The minimum Gasteiger partial charge on any atom is -0.361 e. The summed E-state index contributed by atoms with van der Waals surface area (Å²) < 4.78 is 6.82. The van der Waals surface area contributed by atoms with Crippen LogP contribution in [-0.2, 0) is 6.54 Å². The minimum atomic E-state index is -0.102. The van der Waals surface area contributed by atoms with Crippen molar-refractivity contribution in [3.05, 3.63) is 58.9 Å². The fraction of sp³-hybridized carbons (Fsp3) is 0.294. The Bertz CT molecular complexity index is 847. The number of amides is 1. The SMILES string of the molecule is Cc1noc(C)c1CN(C)C(=O)c1cnn(-c2ccccn2)c1C. The first-order valence-electron chi connectivity index (χ1n) is 7.62. The van der Waals surface area contributed by atoms with E-state index < -0.39 is 0 Å². The van der Waals surface area contributed by atoms with E-state index in [0.29, 0.717) is 17.9 Å². The highest BCUT2D eigenvalue weighted by Gasteiger charge is 2.21. The van der Waals surface area contributed by atoms with Gasteiger partial charge in [-0.15, -0.1) is 0 Å². The molecule has 7 nitrogen and oxygen atoms in total. The predicted octanol–water partition coefficient (Wildman–Crippen LogP) is 2.45. The number of aryl methyl sites for hydroxylation is 2. The van der Waals surface area contributed by atoms with Gasteiger partial charge in [0.05, 0.1) is 29.7 Å². The van der Waals surface area contributed by atoms with E-state index in [4.69, 9.17) is 4.52 Å². The zero-order valence-corrected chi connectivity index (χ0v) is 14.1.